The van der Waals surface area contributed by atoms with E-state index < -0.39 is 24.5 Å². The zero-order chi connectivity index (χ0) is 23.9. The van der Waals surface area contributed by atoms with Crippen LogP contribution in [-0.4, -0.2) is 40.7 Å². The highest BCUT2D eigenvalue weighted by molar-refractivity contribution is 5.96. The second-order valence-electron chi connectivity index (χ2n) is 8.21. The molecule has 3 aromatic rings. The van der Waals surface area contributed by atoms with Crippen molar-refractivity contribution in [1.29, 1.82) is 0 Å². The van der Waals surface area contributed by atoms with Crippen LogP contribution in [0.5, 0.6) is 5.75 Å². The van der Waals surface area contributed by atoms with Crippen LogP contribution in [0.15, 0.2) is 67.1 Å². The Morgan fingerprint density at radius 2 is 1.74 bits per heavy atom. The van der Waals surface area contributed by atoms with Crippen molar-refractivity contribution in [1.82, 2.24) is 9.55 Å². The number of nitrogens with zero attached hydrogens (tertiary/aromatic N) is 2. The number of aromatic nitrogens is 2. The van der Waals surface area contributed by atoms with Crippen LogP contribution in [0.2, 0.25) is 0 Å². The van der Waals surface area contributed by atoms with E-state index in [0.717, 1.165) is 24.8 Å². The number of imidazole rings is 1. The lowest BCUT2D eigenvalue weighted by atomic mass is 9.86. The SMILES string of the molecule is C[C@H](c1ccccc1)n1cncc1C(=O)Oc1ccccc1C(=O)OCC(=O)OCC1CCC1. The van der Waals surface area contributed by atoms with Crippen molar-refractivity contribution in [3.63, 3.8) is 0 Å². The molecule has 1 heterocycles. The van der Waals surface area contributed by atoms with Gasteiger partial charge in [-0.1, -0.05) is 48.9 Å². The minimum atomic E-state index is -0.782. The quantitative estimate of drug-likeness (QED) is 0.347. The Morgan fingerprint density at radius 3 is 2.47 bits per heavy atom. The van der Waals surface area contributed by atoms with Gasteiger partial charge < -0.3 is 18.8 Å². The van der Waals surface area contributed by atoms with Gasteiger partial charge in [-0.25, -0.2) is 19.4 Å². The van der Waals surface area contributed by atoms with E-state index in [1.807, 2.05) is 37.3 Å². The summed E-state index contributed by atoms with van der Waals surface area (Å²) in [5.41, 5.74) is 1.27. The van der Waals surface area contributed by atoms with Gasteiger partial charge in [-0.15, -0.1) is 0 Å². The van der Waals surface area contributed by atoms with Crippen LogP contribution in [0.3, 0.4) is 0 Å². The van der Waals surface area contributed by atoms with Crippen LogP contribution in [0.4, 0.5) is 0 Å². The van der Waals surface area contributed by atoms with Crippen molar-refractivity contribution >= 4 is 17.9 Å². The molecule has 0 spiro atoms. The summed E-state index contributed by atoms with van der Waals surface area (Å²) in [4.78, 5) is 41.5. The summed E-state index contributed by atoms with van der Waals surface area (Å²) < 4.78 is 17.5. The van der Waals surface area contributed by atoms with Gasteiger partial charge in [0.15, 0.2) is 6.61 Å². The Bertz CT molecular complexity index is 1150. The molecule has 0 bridgehead atoms. The lowest BCUT2D eigenvalue weighted by Gasteiger charge is -2.24. The second kappa shape index (κ2) is 10.8. The Balaban J connectivity index is 1.40. The molecule has 0 unspecified atom stereocenters. The third-order valence-corrected chi connectivity index (χ3v) is 5.91. The second-order valence-corrected chi connectivity index (χ2v) is 8.21. The number of para-hydroxylation sites is 1. The summed E-state index contributed by atoms with van der Waals surface area (Å²) in [5.74, 6) is -1.62. The number of hydrogen-bond donors (Lipinski definition) is 0. The van der Waals surface area contributed by atoms with Crippen molar-refractivity contribution in [3.05, 3.63) is 83.9 Å². The van der Waals surface area contributed by atoms with Crippen LogP contribution < -0.4 is 4.74 Å². The summed E-state index contributed by atoms with van der Waals surface area (Å²) in [6, 6.07) is 15.7. The van der Waals surface area contributed by atoms with Crippen molar-refractivity contribution < 1.29 is 28.6 Å². The monoisotopic (exact) mass is 462 g/mol. The topological polar surface area (TPSA) is 96.7 Å². The van der Waals surface area contributed by atoms with Gasteiger partial charge in [-0.05, 0) is 43.4 Å². The van der Waals surface area contributed by atoms with Gasteiger partial charge in [-0.3, -0.25) is 0 Å². The molecule has 1 saturated carbocycles. The zero-order valence-electron chi connectivity index (χ0n) is 18.9. The highest BCUT2D eigenvalue weighted by Gasteiger charge is 2.23. The van der Waals surface area contributed by atoms with Gasteiger partial charge in [0.1, 0.15) is 17.0 Å². The Kier molecular flexibility index (Phi) is 7.37. The Hall–Kier alpha value is -3.94. The first kappa shape index (κ1) is 23.2. The number of ether oxygens (including phenoxy) is 3. The molecule has 1 atom stereocenters. The van der Waals surface area contributed by atoms with E-state index in [1.165, 1.54) is 18.3 Å². The minimum absolute atomic E-state index is 0.0282. The summed E-state index contributed by atoms with van der Waals surface area (Å²) in [7, 11) is 0. The first-order chi connectivity index (χ1) is 16.5. The predicted molar refractivity (Wildman–Crippen MR) is 122 cm³/mol. The maximum atomic E-state index is 12.9. The summed E-state index contributed by atoms with van der Waals surface area (Å²) >= 11 is 0. The summed E-state index contributed by atoms with van der Waals surface area (Å²) in [6.07, 6.45) is 6.23. The van der Waals surface area contributed by atoms with Gasteiger partial charge >= 0.3 is 17.9 Å². The fourth-order valence-electron chi connectivity index (χ4n) is 3.65. The van der Waals surface area contributed by atoms with Crippen molar-refractivity contribution in [2.45, 2.75) is 32.2 Å². The molecule has 176 valence electrons. The van der Waals surface area contributed by atoms with Crippen LogP contribution in [0, 0.1) is 5.92 Å². The molecule has 1 aromatic heterocycles. The average molecular weight is 463 g/mol. The largest absolute Gasteiger partial charge is 0.463 e. The van der Waals surface area contributed by atoms with E-state index in [0.29, 0.717) is 12.5 Å². The fourth-order valence-corrected chi connectivity index (χ4v) is 3.65. The number of carbonyl (C=O) groups excluding carboxylic acids is 3. The molecule has 1 aliphatic carbocycles. The highest BCUT2D eigenvalue weighted by Crippen LogP contribution is 2.26. The molecule has 2 aromatic carbocycles. The predicted octanol–water partition coefficient (Wildman–Crippen LogP) is 4.21. The maximum Gasteiger partial charge on any atom is 0.362 e. The molecule has 0 N–H and O–H groups in total. The van der Waals surface area contributed by atoms with E-state index in [-0.39, 0.29) is 23.0 Å². The van der Waals surface area contributed by atoms with E-state index in [4.69, 9.17) is 14.2 Å². The van der Waals surface area contributed by atoms with Crippen LogP contribution >= 0.6 is 0 Å². The van der Waals surface area contributed by atoms with E-state index >= 15 is 0 Å². The third kappa shape index (κ3) is 5.51. The van der Waals surface area contributed by atoms with E-state index in [1.54, 1.807) is 23.0 Å². The molecule has 0 aliphatic heterocycles. The number of carbonyl (C=O) groups is 3. The molecule has 1 aliphatic rings. The smallest absolute Gasteiger partial charge is 0.362 e. The highest BCUT2D eigenvalue weighted by atomic mass is 16.6. The van der Waals surface area contributed by atoms with Gasteiger partial charge in [0.05, 0.1) is 25.2 Å². The normalized spacial score (nSPS) is 14.0. The molecule has 34 heavy (non-hydrogen) atoms. The van der Waals surface area contributed by atoms with Crippen molar-refractivity contribution in [2.24, 2.45) is 5.92 Å². The molecule has 1 fully saturated rings. The maximum absolute atomic E-state index is 12.9. The standard InChI is InChI=1S/C26H26N2O6/c1-18(20-10-3-2-4-11-20)28-17-27-14-22(28)26(31)34-23-13-6-5-12-21(23)25(30)33-16-24(29)32-15-19-8-7-9-19/h2-6,10-14,17-19H,7-9,15-16H2,1H3/t18-/m1/s1. The van der Waals surface area contributed by atoms with Gasteiger partial charge in [0.2, 0.25) is 0 Å². The van der Waals surface area contributed by atoms with Gasteiger partial charge in [0.25, 0.3) is 0 Å². The van der Waals surface area contributed by atoms with Crippen LogP contribution in [-0.2, 0) is 14.3 Å². The van der Waals surface area contributed by atoms with Crippen molar-refractivity contribution in [3.8, 4) is 5.75 Å². The average Bonchev–Trinajstić information content (AvgIpc) is 3.32. The molecule has 0 amide bonds. The summed E-state index contributed by atoms with van der Waals surface area (Å²) in [6.45, 7) is 1.79. The van der Waals surface area contributed by atoms with Crippen LogP contribution in [0.25, 0.3) is 0 Å². The molecular formula is C26H26N2O6. The van der Waals surface area contributed by atoms with Crippen LogP contribution in [0.1, 0.15) is 58.6 Å². The van der Waals surface area contributed by atoms with Gasteiger partial charge in [-0.2, -0.15) is 0 Å². The minimum Gasteiger partial charge on any atom is -0.463 e. The first-order valence-electron chi connectivity index (χ1n) is 11.2. The molecule has 4 rings (SSSR count). The number of esters is 3. The summed E-state index contributed by atoms with van der Waals surface area (Å²) in [5, 5.41) is 0. The molecule has 0 saturated heterocycles. The Labute approximate surface area is 197 Å². The molecule has 8 heteroatoms. The fraction of sp³-hybridized carbons (Fsp3) is 0.308. The van der Waals surface area contributed by atoms with E-state index in [2.05, 4.69) is 4.98 Å². The number of benzene rings is 2. The lowest BCUT2D eigenvalue weighted by molar-refractivity contribution is -0.149. The van der Waals surface area contributed by atoms with Gasteiger partial charge in [0, 0.05) is 0 Å². The van der Waals surface area contributed by atoms with Crippen molar-refractivity contribution in [2.75, 3.05) is 13.2 Å². The Morgan fingerprint density at radius 1 is 1.00 bits per heavy atom. The van der Waals surface area contributed by atoms with E-state index in [9.17, 15) is 14.4 Å². The number of hydrogen-bond acceptors (Lipinski definition) is 7. The number of rotatable bonds is 9. The lowest BCUT2D eigenvalue weighted by Crippen LogP contribution is -2.23. The molecule has 0 radical (unpaired) electrons. The molecular weight excluding hydrogens is 436 g/mol. The third-order valence-electron chi connectivity index (χ3n) is 5.91. The zero-order valence-corrected chi connectivity index (χ0v) is 18.9. The first-order valence-corrected chi connectivity index (χ1v) is 11.2. The molecule has 8 nitrogen and oxygen atoms in total.